The third-order valence-electron chi connectivity index (χ3n) is 2.49. The summed E-state index contributed by atoms with van der Waals surface area (Å²) in [7, 11) is 0. The van der Waals surface area contributed by atoms with Gasteiger partial charge in [0.05, 0.1) is 5.69 Å². The number of nitrogens with one attached hydrogen (secondary N) is 1. The molecular weight excluding hydrogens is 379 g/mol. The van der Waals surface area contributed by atoms with E-state index in [1.54, 1.807) is 6.20 Å². The number of benzene rings is 1. The van der Waals surface area contributed by atoms with Crippen LogP contribution in [-0.4, -0.2) is 4.98 Å². The Morgan fingerprint density at radius 2 is 2.00 bits per heavy atom. The van der Waals surface area contributed by atoms with Crippen molar-refractivity contribution < 1.29 is 0 Å². The SMILES string of the molecule is Cc1cc(Br)c(NCc2cncc(Br)c2)cc1Cl. The van der Waals surface area contributed by atoms with E-state index >= 15 is 0 Å². The first-order valence-corrected chi connectivity index (χ1v) is 7.31. The van der Waals surface area contributed by atoms with Crippen LogP contribution in [0.25, 0.3) is 0 Å². The third-order valence-corrected chi connectivity index (χ3v) is 3.99. The lowest BCUT2D eigenvalue weighted by Gasteiger charge is -2.10. The van der Waals surface area contributed by atoms with Gasteiger partial charge in [0.15, 0.2) is 0 Å². The van der Waals surface area contributed by atoms with Gasteiger partial charge in [-0.2, -0.15) is 0 Å². The summed E-state index contributed by atoms with van der Waals surface area (Å²) in [6.45, 7) is 2.68. The quantitative estimate of drug-likeness (QED) is 0.781. The van der Waals surface area contributed by atoms with Gasteiger partial charge in [0, 0.05) is 32.9 Å². The Kier molecular flexibility index (Phi) is 4.65. The second kappa shape index (κ2) is 6.04. The smallest absolute Gasteiger partial charge is 0.0502 e. The molecule has 2 nitrogen and oxygen atoms in total. The summed E-state index contributed by atoms with van der Waals surface area (Å²) in [6, 6.07) is 5.96. The lowest BCUT2D eigenvalue weighted by Crippen LogP contribution is -2.01. The van der Waals surface area contributed by atoms with Crippen molar-refractivity contribution in [2.24, 2.45) is 0 Å². The van der Waals surface area contributed by atoms with Gasteiger partial charge >= 0.3 is 0 Å². The maximum atomic E-state index is 6.11. The number of nitrogens with zero attached hydrogens (tertiary/aromatic N) is 1. The van der Waals surface area contributed by atoms with Crippen molar-refractivity contribution in [2.45, 2.75) is 13.5 Å². The lowest BCUT2D eigenvalue weighted by atomic mass is 10.2. The van der Waals surface area contributed by atoms with Crippen molar-refractivity contribution in [3.8, 4) is 0 Å². The zero-order chi connectivity index (χ0) is 13.1. The highest BCUT2D eigenvalue weighted by Crippen LogP contribution is 2.29. The second-order valence-corrected chi connectivity index (χ2v) is 6.12. The predicted octanol–water partition coefficient (Wildman–Crippen LogP) is 5.18. The molecule has 1 heterocycles. The Hall–Kier alpha value is -0.580. The Morgan fingerprint density at radius 3 is 2.72 bits per heavy atom. The van der Waals surface area contributed by atoms with E-state index < -0.39 is 0 Å². The van der Waals surface area contributed by atoms with Crippen LogP contribution in [0.3, 0.4) is 0 Å². The molecular formula is C13H11Br2ClN2. The molecule has 2 rings (SSSR count). The van der Waals surface area contributed by atoms with E-state index in [2.05, 4.69) is 42.2 Å². The number of pyridine rings is 1. The molecule has 0 bridgehead atoms. The minimum Gasteiger partial charge on any atom is -0.380 e. The van der Waals surface area contributed by atoms with Crippen LogP contribution >= 0.6 is 43.5 Å². The minimum atomic E-state index is 0.699. The number of aryl methyl sites for hydroxylation is 1. The monoisotopic (exact) mass is 388 g/mol. The van der Waals surface area contributed by atoms with Crippen molar-refractivity contribution >= 4 is 49.1 Å². The summed E-state index contributed by atoms with van der Waals surface area (Å²) in [4.78, 5) is 4.13. The molecule has 0 atom stereocenters. The average Bonchev–Trinajstić information content (AvgIpc) is 2.32. The molecule has 0 aliphatic carbocycles. The maximum Gasteiger partial charge on any atom is 0.0502 e. The van der Waals surface area contributed by atoms with Gasteiger partial charge in [0.1, 0.15) is 0 Å². The number of rotatable bonds is 3. The van der Waals surface area contributed by atoms with Gasteiger partial charge in [-0.15, -0.1) is 0 Å². The molecule has 2 aromatic rings. The molecule has 0 amide bonds. The topological polar surface area (TPSA) is 24.9 Å². The molecule has 0 fully saturated rings. The Labute approximate surface area is 128 Å². The number of hydrogen-bond acceptors (Lipinski definition) is 2. The fraction of sp³-hybridized carbons (Fsp3) is 0.154. The number of hydrogen-bond donors (Lipinski definition) is 1. The molecule has 0 aliphatic heterocycles. The number of halogens is 3. The normalized spacial score (nSPS) is 10.4. The molecule has 0 saturated carbocycles. The zero-order valence-electron chi connectivity index (χ0n) is 9.67. The van der Waals surface area contributed by atoms with Gasteiger partial charge in [-0.3, -0.25) is 4.98 Å². The molecule has 1 aromatic heterocycles. The Balaban J connectivity index is 2.13. The van der Waals surface area contributed by atoms with Crippen LogP contribution in [0.15, 0.2) is 39.5 Å². The lowest BCUT2D eigenvalue weighted by molar-refractivity contribution is 1.10. The van der Waals surface area contributed by atoms with Crippen LogP contribution in [0.2, 0.25) is 5.02 Å². The van der Waals surface area contributed by atoms with E-state index in [1.807, 2.05) is 31.3 Å². The van der Waals surface area contributed by atoms with Crippen molar-refractivity contribution in [3.05, 3.63) is 55.7 Å². The van der Waals surface area contributed by atoms with E-state index in [-0.39, 0.29) is 0 Å². The van der Waals surface area contributed by atoms with Crippen LogP contribution in [0.5, 0.6) is 0 Å². The van der Waals surface area contributed by atoms with Crippen LogP contribution in [0, 0.1) is 6.92 Å². The van der Waals surface area contributed by atoms with Gasteiger partial charge in [0.2, 0.25) is 0 Å². The molecule has 0 saturated heterocycles. The van der Waals surface area contributed by atoms with Crippen LogP contribution in [0.4, 0.5) is 5.69 Å². The molecule has 0 radical (unpaired) electrons. The first kappa shape index (κ1) is 13.8. The third kappa shape index (κ3) is 3.46. The standard InChI is InChI=1S/C13H11Br2ClN2/c1-8-2-11(15)13(4-12(8)16)18-6-9-3-10(14)7-17-5-9/h2-5,7,18H,6H2,1H3. The largest absolute Gasteiger partial charge is 0.380 e. The van der Waals surface area contributed by atoms with Crippen LogP contribution in [0.1, 0.15) is 11.1 Å². The van der Waals surface area contributed by atoms with Gasteiger partial charge < -0.3 is 5.32 Å². The summed E-state index contributed by atoms with van der Waals surface area (Å²) in [5, 5.41) is 4.09. The van der Waals surface area contributed by atoms with Gasteiger partial charge in [-0.25, -0.2) is 0 Å². The molecule has 0 spiro atoms. The van der Waals surface area contributed by atoms with E-state index in [9.17, 15) is 0 Å². The fourth-order valence-electron chi connectivity index (χ4n) is 1.53. The van der Waals surface area contributed by atoms with Gasteiger partial charge in [0.25, 0.3) is 0 Å². The molecule has 1 aromatic carbocycles. The highest BCUT2D eigenvalue weighted by atomic mass is 79.9. The predicted molar refractivity (Wildman–Crippen MR) is 83.2 cm³/mol. The average molecular weight is 391 g/mol. The summed E-state index contributed by atoms with van der Waals surface area (Å²) in [5.41, 5.74) is 3.14. The number of aromatic nitrogens is 1. The first-order valence-electron chi connectivity index (χ1n) is 5.35. The summed E-state index contributed by atoms with van der Waals surface area (Å²) < 4.78 is 1.98. The molecule has 18 heavy (non-hydrogen) atoms. The van der Waals surface area contributed by atoms with Gasteiger partial charge in [-0.05, 0) is 68.1 Å². The van der Waals surface area contributed by atoms with Crippen molar-refractivity contribution in [3.63, 3.8) is 0 Å². The Morgan fingerprint density at radius 1 is 1.22 bits per heavy atom. The minimum absolute atomic E-state index is 0.699. The summed E-state index contributed by atoms with van der Waals surface area (Å²) in [5.74, 6) is 0. The van der Waals surface area contributed by atoms with Gasteiger partial charge in [-0.1, -0.05) is 11.6 Å². The molecule has 0 aliphatic rings. The van der Waals surface area contributed by atoms with Crippen molar-refractivity contribution in [2.75, 3.05) is 5.32 Å². The molecule has 1 N–H and O–H groups in total. The van der Waals surface area contributed by atoms with Crippen molar-refractivity contribution in [1.82, 2.24) is 4.98 Å². The fourth-order valence-corrected chi connectivity index (χ4v) is 2.71. The number of anilines is 1. The van der Waals surface area contributed by atoms with E-state index in [0.717, 1.165) is 30.8 Å². The first-order chi connectivity index (χ1) is 8.56. The molecule has 5 heteroatoms. The zero-order valence-corrected chi connectivity index (χ0v) is 13.6. The van der Waals surface area contributed by atoms with E-state index in [0.29, 0.717) is 6.54 Å². The summed E-state index contributed by atoms with van der Waals surface area (Å²) >= 11 is 13.0. The van der Waals surface area contributed by atoms with Crippen LogP contribution < -0.4 is 5.32 Å². The van der Waals surface area contributed by atoms with Crippen LogP contribution in [-0.2, 0) is 6.54 Å². The second-order valence-electron chi connectivity index (χ2n) is 3.95. The van der Waals surface area contributed by atoms with E-state index in [4.69, 9.17) is 11.6 Å². The van der Waals surface area contributed by atoms with E-state index in [1.165, 1.54) is 0 Å². The maximum absolute atomic E-state index is 6.11. The molecule has 0 unspecified atom stereocenters. The summed E-state index contributed by atoms with van der Waals surface area (Å²) in [6.07, 6.45) is 3.60. The van der Waals surface area contributed by atoms with Crippen molar-refractivity contribution in [1.29, 1.82) is 0 Å². The molecule has 94 valence electrons. The Bertz CT molecular complexity index is 573. The highest BCUT2D eigenvalue weighted by Gasteiger charge is 2.04. The highest BCUT2D eigenvalue weighted by molar-refractivity contribution is 9.10.